The van der Waals surface area contributed by atoms with Crippen LogP contribution in [0.25, 0.3) is 0 Å². The van der Waals surface area contributed by atoms with Gasteiger partial charge in [0, 0.05) is 13.1 Å². The zero-order chi connectivity index (χ0) is 10.3. The Morgan fingerprint density at radius 1 is 1.50 bits per heavy atom. The third-order valence-electron chi connectivity index (χ3n) is 2.03. The van der Waals surface area contributed by atoms with Crippen molar-refractivity contribution < 1.29 is 9.72 Å². The van der Waals surface area contributed by atoms with E-state index in [1.807, 2.05) is 0 Å². The molecule has 0 bridgehead atoms. The highest BCUT2D eigenvalue weighted by Crippen LogP contribution is 2.39. The van der Waals surface area contributed by atoms with Crippen molar-refractivity contribution in [3.63, 3.8) is 0 Å². The number of nitro groups is 1. The van der Waals surface area contributed by atoms with Crippen LogP contribution >= 0.6 is 0 Å². The normalized spacial score (nSPS) is 13.8. The first-order chi connectivity index (χ1) is 6.61. The van der Waals surface area contributed by atoms with E-state index in [0.717, 1.165) is 0 Å². The molecular weight excluding hydrogens is 186 g/mol. The highest BCUT2D eigenvalue weighted by atomic mass is 16.6. The number of hydrogen-bond donors (Lipinski definition) is 0. The zero-order valence-corrected chi connectivity index (χ0v) is 7.30. The van der Waals surface area contributed by atoms with Crippen molar-refractivity contribution in [1.29, 1.82) is 0 Å². The minimum absolute atomic E-state index is 0.0976. The van der Waals surface area contributed by atoms with Crippen LogP contribution in [0.4, 0.5) is 21.9 Å². The van der Waals surface area contributed by atoms with E-state index in [1.165, 1.54) is 24.1 Å². The summed E-state index contributed by atoms with van der Waals surface area (Å²) in [7, 11) is 1.46. The lowest BCUT2D eigenvalue weighted by molar-refractivity contribution is -0.384. The van der Waals surface area contributed by atoms with Gasteiger partial charge in [-0.3, -0.25) is 15.0 Å². The summed E-state index contributed by atoms with van der Waals surface area (Å²) in [6, 6.07) is 3.95. The molecule has 71 valence electrons. The minimum Gasteiger partial charge on any atom is -0.288 e. The summed E-state index contributed by atoms with van der Waals surface area (Å²) in [5, 5.41) is 14.3. The molecule has 14 heavy (non-hydrogen) atoms. The molecule has 2 amide bonds. The SMILES string of the molecule is CN1C(=O)[N]c2cccc([N+](=O)[O-])c21. The lowest BCUT2D eigenvalue weighted by Gasteiger charge is -2.06. The van der Waals surface area contributed by atoms with Gasteiger partial charge >= 0.3 is 6.03 Å². The second-order valence-corrected chi connectivity index (χ2v) is 2.86. The summed E-state index contributed by atoms with van der Waals surface area (Å²) < 4.78 is 0. The molecule has 0 N–H and O–H groups in total. The first-order valence-electron chi connectivity index (χ1n) is 3.88. The average Bonchev–Trinajstić information content (AvgIpc) is 2.43. The summed E-state index contributed by atoms with van der Waals surface area (Å²) in [4.78, 5) is 22.4. The van der Waals surface area contributed by atoms with Gasteiger partial charge in [0.05, 0.1) is 10.6 Å². The number of urea groups is 1. The van der Waals surface area contributed by atoms with Crippen molar-refractivity contribution in [2.45, 2.75) is 0 Å². The second-order valence-electron chi connectivity index (χ2n) is 2.86. The predicted molar refractivity (Wildman–Crippen MR) is 48.7 cm³/mol. The number of benzene rings is 1. The van der Waals surface area contributed by atoms with Gasteiger partial charge in [0.15, 0.2) is 0 Å². The van der Waals surface area contributed by atoms with Crippen molar-refractivity contribution in [3.05, 3.63) is 28.3 Å². The van der Waals surface area contributed by atoms with Crippen LogP contribution in [-0.2, 0) is 0 Å². The Labute approximate surface area is 79.3 Å². The maximum absolute atomic E-state index is 11.1. The van der Waals surface area contributed by atoms with Crippen LogP contribution in [0.3, 0.4) is 0 Å². The summed E-state index contributed by atoms with van der Waals surface area (Å²) >= 11 is 0. The molecule has 6 heteroatoms. The Balaban J connectivity index is 2.64. The van der Waals surface area contributed by atoms with E-state index < -0.39 is 11.0 Å². The third-order valence-corrected chi connectivity index (χ3v) is 2.03. The summed E-state index contributed by atoms with van der Waals surface area (Å²) in [5.74, 6) is 0. The van der Waals surface area contributed by atoms with Crippen LogP contribution in [0, 0.1) is 10.1 Å². The molecule has 0 unspecified atom stereocenters. The van der Waals surface area contributed by atoms with Crippen LogP contribution in [0.15, 0.2) is 18.2 Å². The molecule has 1 heterocycles. The topological polar surface area (TPSA) is 77.5 Å². The Bertz CT molecular complexity index is 430. The number of para-hydroxylation sites is 1. The summed E-state index contributed by atoms with van der Waals surface area (Å²) in [6.07, 6.45) is 0. The standard InChI is InChI=1S/C8H6N3O3/c1-10-7-5(9-8(10)12)3-2-4-6(7)11(13)14/h2-4H,1H3. The lowest BCUT2D eigenvalue weighted by Crippen LogP contribution is -2.23. The molecule has 0 aliphatic carbocycles. The molecule has 0 saturated carbocycles. The summed E-state index contributed by atoms with van der Waals surface area (Å²) in [6.45, 7) is 0. The van der Waals surface area contributed by atoms with E-state index in [1.54, 1.807) is 6.07 Å². The monoisotopic (exact) mass is 192 g/mol. The number of rotatable bonds is 1. The van der Waals surface area contributed by atoms with Gasteiger partial charge in [-0.15, -0.1) is 0 Å². The van der Waals surface area contributed by atoms with Crippen LogP contribution in [0.5, 0.6) is 0 Å². The zero-order valence-electron chi connectivity index (χ0n) is 7.30. The molecule has 1 aliphatic rings. The first-order valence-corrected chi connectivity index (χ1v) is 3.88. The molecule has 1 aromatic rings. The van der Waals surface area contributed by atoms with Gasteiger partial charge in [0.2, 0.25) is 0 Å². The van der Waals surface area contributed by atoms with Crippen molar-refractivity contribution in [3.8, 4) is 0 Å². The molecule has 0 saturated heterocycles. The highest BCUT2D eigenvalue weighted by molar-refractivity contribution is 6.06. The highest BCUT2D eigenvalue weighted by Gasteiger charge is 2.32. The van der Waals surface area contributed by atoms with Gasteiger partial charge in [-0.25, -0.2) is 4.79 Å². The van der Waals surface area contributed by atoms with E-state index in [-0.39, 0.29) is 11.4 Å². The number of amides is 2. The molecule has 0 spiro atoms. The Hall–Kier alpha value is -2.11. The smallest absolute Gasteiger partial charge is 0.288 e. The second kappa shape index (κ2) is 2.69. The fraction of sp³-hybridized carbons (Fsp3) is 0.125. The average molecular weight is 192 g/mol. The quantitative estimate of drug-likeness (QED) is 0.498. The largest absolute Gasteiger partial charge is 0.348 e. The van der Waals surface area contributed by atoms with E-state index in [2.05, 4.69) is 5.32 Å². The fourth-order valence-electron chi connectivity index (χ4n) is 1.37. The van der Waals surface area contributed by atoms with Crippen LogP contribution < -0.4 is 10.2 Å². The maximum Gasteiger partial charge on any atom is 0.348 e. The maximum atomic E-state index is 11.1. The Morgan fingerprint density at radius 3 is 2.86 bits per heavy atom. The molecule has 1 radical (unpaired) electrons. The molecule has 1 aromatic carbocycles. The number of fused-ring (bicyclic) bond motifs is 1. The van der Waals surface area contributed by atoms with Crippen molar-refractivity contribution in [2.75, 3.05) is 11.9 Å². The minimum atomic E-state index is -0.524. The summed E-state index contributed by atoms with van der Waals surface area (Å²) in [5.41, 5.74) is 0.522. The van der Waals surface area contributed by atoms with Crippen LogP contribution in [-0.4, -0.2) is 18.0 Å². The van der Waals surface area contributed by atoms with Crippen LogP contribution in [0.2, 0.25) is 0 Å². The van der Waals surface area contributed by atoms with Gasteiger partial charge in [-0.1, -0.05) is 6.07 Å². The van der Waals surface area contributed by atoms with Crippen molar-refractivity contribution in [2.24, 2.45) is 0 Å². The number of hydrogen-bond acceptors (Lipinski definition) is 3. The molecular formula is C8H6N3O3. The van der Waals surface area contributed by atoms with Gasteiger partial charge in [0.25, 0.3) is 5.69 Å². The van der Waals surface area contributed by atoms with Gasteiger partial charge in [0.1, 0.15) is 5.69 Å². The molecule has 0 fully saturated rings. The third kappa shape index (κ3) is 1.00. The Morgan fingerprint density at radius 2 is 2.21 bits per heavy atom. The van der Waals surface area contributed by atoms with Crippen molar-refractivity contribution >= 4 is 23.1 Å². The molecule has 1 aliphatic heterocycles. The van der Waals surface area contributed by atoms with Gasteiger partial charge < -0.3 is 0 Å². The molecule has 0 atom stereocenters. The van der Waals surface area contributed by atoms with E-state index >= 15 is 0 Å². The van der Waals surface area contributed by atoms with Crippen LogP contribution in [0.1, 0.15) is 0 Å². The lowest BCUT2D eigenvalue weighted by atomic mass is 10.2. The number of anilines is 1. The molecule has 6 nitrogen and oxygen atoms in total. The molecule has 0 aromatic heterocycles. The van der Waals surface area contributed by atoms with E-state index in [4.69, 9.17) is 0 Å². The van der Waals surface area contributed by atoms with E-state index in [9.17, 15) is 14.9 Å². The fourth-order valence-corrected chi connectivity index (χ4v) is 1.37. The van der Waals surface area contributed by atoms with Crippen molar-refractivity contribution in [1.82, 2.24) is 5.32 Å². The first kappa shape index (κ1) is 8.49. The predicted octanol–water partition coefficient (Wildman–Crippen LogP) is 1.40. The Kier molecular flexibility index (Phi) is 1.63. The van der Waals surface area contributed by atoms with E-state index in [0.29, 0.717) is 5.69 Å². The number of carbonyl (C=O) groups is 1. The number of carbonyl (C=O) groups excluding carboxylic acids is 1. The number of nitrogens with zero attached hydrogens (tertiary/aromatic N) is 3. The van der Waals surface area contributed by atoms with Gasteiger partial charge in [-0.05, 0) is 6.07 Å². The molecule has 2 rings (SSSR count). The number of nitro benzene ring substituents is 1. The van der Waals surface area contributed by atoms with Gasteiger partial charge in [-0.2, -0.15) is 5.32 Å².